The molecule has 19 heavy (non-hydrogen) atoms. The van der Waals surface area contributed by atoms with Crippen molar-refractivity contribution in [2.75, 3.05) is 19.3 Å². The van der Waals surface area contributed by atoms with Gasteiger partial charge in [-0.1, -0.05) is 12.1 Å². The van der Waals surface area contributed by atoms with Gasteiger partial charge in [0.2, 0.25) is 0 Å². The summed E-state index contributed by atoms with van der Waals surface area (Å²) in [5, 5.41) is 6.88. The summed E-state index contributed by atoms with van der Waals surface area (Å²) in [4.78, 5) is 0.380. The number of benzene rings is 1. The first-order valence-corrected chi connectivity index (χ1v) is 8.59. The summed E-state index contributed by atoms with van der Waals surface area (Å²) in [5.74, 6) is 0.690. The number of nitrogens with one attached hydrogen (secondary N) is 2. The molecule has 0 saturated carbocycles. The highest BCUT2D eigenvalue weighted by molar-refractivity contribution is 7.90. The van der Waals surface area contributed by atoms with Crippen LogP contribution in [0, 0.1) is 5.92 Å². The zero-order valence-corrected chi connectivity index (χ0v) is 12.3. The normalized spacial score (nSPS) is 23.7. The first kappa shape index (κ1) is 14.5. The summed E-state index contributed by atoms with van der Waals surface area (Å²) in [7, 11) is -3.09. The molecule has 2 rings (SSSR count). The van der Waals surface area contributed by atoms with Gasteiger partial charge < -0.3 is 10.6 Å². The van der Waals surface area contributed by atoms with Crippen molar-refractivity contribution in [2.24, 2.45) is 5.92 Å². The third kappa shape index (κ3) is 4.03. The fourth-order valence-electron chi connectivity index (χ4n) is 2.45. The van der Waals surface area contributed by atoms with Crippen molar-refractivity contribution >= 4 is 9.84 Å². The Morgan fingerprint density at radius 3 is 2.53 bits per heavy atom. The minimum absolute atomic E-state index is 0.380. The van der Waals surface area contributed by atoms with E-state index in [1.807, 2.05) is 12.1 Å². The molecule has 1 aromatic carbocycles. The van der Waals surface area contributed by atoms with Crippen molar-refractivity contribution in [1.29, 1.82) is 0 Å². The summed E-state index contributed by atoms with van der Waals surface area (Å²) in [5.41, 5.74) is 1.12. The number of hydrogen-bond donors (Lipinski definition) is 2. The summed E-state index contributed by atoms with van der Waals surface area (Å²) < 4.78 is 22.7. The highest BCUT2D eigenvalue weighted by Gasteiger charge is 2.21. The summed E-state index contributed by atoms with van der Waals surface area (Å²) >= 11 is 0. The first-order valence-electron chi connectivity index (χ1n) is 6.70. The molecule has 0 amide bonds. The largest absolute Gasteiger partial charge is 0.314 e. The van der Waals surface area contributed by atoms with Crippen LogP contribution in [0.1, 0.15) is 18.9 Å². The monoisotopic (exact) mass is 282 g/mol. The Morgan fingerprint density at radius 1 is 1.32 bits per heavy atom. The second kappa shape index (κ2) is 6.03. The van der Waals surface area contributed by atoms with Gasteiger partial charge in [0.05, 0.1) is 4.90 Å². The van der Waals surface area contributed by atoms with Gasteiger partial charge in [-0.15, -0.1) is 0 Å². The van der Waals surface area contributed by atoms with Gasteiger partial charge in [0.25, 0.3) is 0 Å². The Morgan fingerprint density at radius 2 is 2.00 bits per heavy atom. The highest BCUT2D eigenvalue weighted by Crippen LogP contribution is 2.14. The maximum atomic E-state index is 11.3. The topological polar surface area (TPSA) is 58.2 Å². The molecule has 106 valence electrons. The van der Waals surface area contributed by atoms with E-state index < -0.39 is 9.84 Å². The molecular formula is C14H22N2O2S. The molecular weight excluding hydrogens is 260 g/mol. The van der Waals surface area contributed by atoms with Gasteiger partial charge in [0.15, 0.2) is 9.84 Å². The molecule has 1 heterocycles. The van der Waals surface area contributed by atoms with Gasteiger partial charge in [0, 0.05) is 18.8 Å². The molecule has 0 aliphatic carbocycles. The molecule has 0 spiro atoms. The molecule has 1 fully saturated rings. The lowest BCUT2D eigenvalue weighted by atomic mass is 10.0. The highest BCUT2D eigenvalue weighted by atomic mass is 32.2. The number of sulfone groups is 1. The fourth-order valence-corrected chi connectivity index (χ4v) is 3.08. The lowest BCUT2D eigenvalue weighted by Crippen LogP contribution is -2.30. The van der Waals surface area contributed by atoms with E-state index in [0.717, 1.165) is 25.2 Å². The van der Waals surface area contributed by atoms with Gasteiger partial charge in [0.1, 0.15) is 0 Å². The molecule has 2 N–H and O–H groups in total. The molecule has 2 unspecified atom stereocenters. The third-order valence-electron chi connectivity index (χ3n) is 3.78. The molecule has 1 saturated heterocycles. The van der Waals surface area contributed by atoms with E-state index in [1.165, 1.54) is 12.7 Å². The van der Waals surface area contributed by atoms with E-state index in [0.29, 0.717) is 16.9 Å². The Labute approximate surface area is 115 Å². The van der Waals surface area contributed by atoms with E-state index in [4.69, 9.17) is 0 Å². The molecule has 0 bridgehead atoms. The maximum absolute atomic E-state index is 11.3. The van der Waals surface area contributed by atoms with Crippen LogP contribution in [0.15, 0.2) is 29.2 Å². The predicted molar refractivity (Wildman–Crippen MR) is 76.8 cm³/mol. The van der Waals surface area contributed by atoms with Gasteiger partial charge in [-0.3, -0.25) is 0 Å². The van der Waals surface area contributed by atoms with Crippen LogP contribution in [0.3, 0.4) is 0 Å². The van der Waals surface area contributed by atoms with Crippen LogP contribution < -0.4 is 10.6 Å². The smallest absolute Gasteiger partial charge is 0.175 e. The molecule has 1 aliphatic rings. The van der Waals surface area contributed by atoms with Crippen LogP contribution in [0.2, 0.25) is 0 Å². The van der Waals surface area contributed by atoms with E-state index in [1.54, 1.807) is 12.1 Å². The zero-order chi connectivity index (χ0) is 13.9. The van der Waals surface area contributed by atoms with Crippen LogP contribution >= 0.6 is 0 Å². The Bertz CT molecular complexity index is 511. The van der Waals surface area contributed by atoms with E-state index in [-0.39, 0.29) is 0 Å². The van der Waals surface area contributed by atoms with E-state index in [9.17, 15) is 8.42 Å². The molecule has 1 aromatic rings. The molecule has 4 nitrogen and oxygen atoms in total. The minimum Gasteiger partial charge on any atom is -0.314 e. The standard InChI is InChI=1S/C14H22N2O2S/c1-11-13(7-8-16-11)10-15-9-12-3-5-14(6-4-12)19(2,17)18/h3-6,11,13,15-16H,7-10H2,1-2H3. The van der Waals surface area contributed by atoms with Crippen molar-refractivity contribution in [1.82, 2.24) is 10.6 Å². The minimum atomic E-state index is -3.09. The lowest BCUT2D eigenvalue weighted by molar-refractivity contribution is 0.439. The van der Waals surface area contributed by atoms with Gasteiger partial charge in [-0.05, 0) is 50.0 Å². The lowest BCUT2D eigenvalue weighted by Gasteiger charge is -2.15. The van der Waals surface area contributed by atoms with Gasteiger partial charge in [-0.25, -0.2) is 8.42 Å². The average molecular weight is 282 g/mol. The average Bonchev–Trinajstić information content (AvgIpc) is 2.75. The quantitative estimate of drug-likeness (QED) is 0.851. The maximum Gasteiger partial charge on any atom is 0.175 e. The second-order valence-corrected chi connectivity index (χ2v) is 7.35. The Balaban J connectivity index is 1.83. The van der Waals surface area contributed by atoms with E-state index >= 15 is 0 Å². The van der Waals surface area contributed by atoms with Crippen LogP contribution in [0.25, 0.3) is 0 Å². The molecule has 1 aliphatic heterocycles. The SMILES string of the molecule is CC1NCCC1CNCc1ccc(S(C)(=O)=O)cc1. The van der Waals surface area contributed by atoms with Crippen LogP contribution in [-0.2, 0) is 16.4 Å². The molecule has 0 aromatic heterocycles. The van der Waals surface area contributed by atoms with Gasteiger partial charge >= 0.3 is 0 Å². The van der Waals surface area contributed by atoms with Crippen molar-refractivity contribution < 1.29 is 8.42 Å². The molecule has 2 atom stereocenters. The van der Waals surface area contributed by atoms with Crippen molar-refractivity contribution in [3.05, 3.63) is 29.8 Å². The van der Waals surface area contributed by atoms with Crippen molar-refractivity contribution in [3.63, 3.8) is 0 Å². The number of hydrogen-bond acceptors (Lipinski definition) is 4. The summed E-state index contributed by atoms with van der Waals surface area (Å²) in [6.45, 7) is 5.12. The zero-order valence-electron chi connectivity index (χ0n) is 11.5. The van der Waals surface area contributed by atoms with Crippen LogP contribution in [0.4, 0.5) is 0 Å². The Hall–Kier alpha value is -0.910. The second-order valence-electron chi connectivity index (χ2n) is 5.34. The Kier molecular flexibility index (Phi) is 4.60. The van der Waals surface area contributed by atoms with Crippen LogP contribution in [0.5, 0.6) is 0 Å². The summed E-state index contributed by atoms with van der Waals surface area (Å²) in [6, 6.07) is 7.68. The first-order chi connectivity index (χ1) is 8.97. The van der Waals surface area contributed by atoms with Crippen molar-refractivity contribution in [2.45, 2.75) is 30.8 Å². The fraction of sp³-hybridized carbons (Fsp3) is 0.571. The third-order valence-corrected chi connectivity index (χ3v) is 4.90. The van der Waals surface area contributed by atoms with Crippen LogP contribution in [-0.4, -0.2) is 33.8 Å². The molecule has 5 heteroatoms. The number of rotatable bonds is 5. The molecule has 0 radical (unpaired) electrons. The predicted octanol–water partition coefficient (Wildman–Crippen LogP) is 1.18. The van der Waals surface area contributed by atoms with Crippen molar-refractivity contribution in [3.8, 4) is 0 Å². The van der Waals surface area contributed by atoms with E-state index in [2.05, 4.69) is 17.6 Å². The van der Waals surface area contributed by atoms with Gasteiger partial charge in [-0.2, -0.15) is 0 Å². The summed E-state index contributed by atoms with van der Waals surface area (Å²) in [6.07, 6.45) is 2.45.